The highest BCUT2D eigenvalue weighted by Crippen LogP contribution is 2.39. The smallest absolute Gasteiger partial charge is 0.230 e. The topological polar surface area (TPSA) is 116 Å². The maximum absolute atomic E-state index is 13.4. The molecule has 2 heterocycles. The summed E-state index contributed by atoms with van der Waals surface area (Å²) in [5, 5.41) is 25.5. The number of hydrogen-bond donors (Lipinski definition) is 4. The van der Waals surface area contributed by atoms with Gasteiger partial charge in [-0.3, -0.25) is 14.4 Å². The van der Waals surface area contributed by atoms with E-state index in [-0.39, 0.29) is 90.8 Å². The van der Waals surface area contributed by atoms with Crippen LogP contribution in [0.2, 0.25) is 0 Å². The van der Waals surface area contributed by atoms with E-state index < -0.39 is 0 Å². The molecule has 4 N–H and O–H groups in total. The highest BCUT2D eigenvalue weighted by molar-refractivity contribution is 6.22. The summed E-state index contributed by atoms with van der Waals surface area (Å²) >= 11 is 0. The number of likely N-dealkylation sites (tertiary alicyclic amines) is 2. The summed E-state index contributed by atoms with van der Waals surface area (Å²) in [6.45, 7) is 3.55. The minimum Gasteiger partial charge on any atom is -1.00 e. The molecule has 2 saturated heterocycles. The van der Waals surface area contributed by atoms with E-state index in [0.29, 0.717) is 57.4 Å². The molecule has 0 bridgehead atoms. The molecule has 242 valence electrons. The number of aliphatic hydroxyl groups excluding tert-OH is 2. The Labute approximate surface area is 295 Å². The van der Waals surface area contributed by atoms with Gasteiger partial charge >= 0.3 is 0 Å². The lowest BCUT2D eigenvalue weighted by Crippen LogP contribution is -3.00. The Morgan fingerprint density at radius 3 is 1.50 bits per heavy atom. The number of hydrogen-bond acceptors (Lipinski definition) is 5. The number of nitrogens with zero attached hydrogens (tertiary/aromatic N) is 2. The molecule has 0 saturated carbocycles. The maximum Gasteiger partial charge on any atom is 0.230 e. The van der Waals surface area contributed by atoms with Crippen LogP contribution in [0.15, 0.2) is 36.4 Å². The fourth-order valence-corrected chi connectivity index (χ4v) is 7.26. The van der Waals surface area contributed by atoms with Crippen LogP contribution in [0.3, 0.4) is 0 Å². The van der Waals surface area contributed by atoms with Crippen molar-refractivity contribution in [1.82, 2.24) is 0 Å². The van der Waals surface area contributed by atoms with Crippen LogP contribution in [0.1, 0.15) is 67.3 Å². The van der Waals surface area contributed by atoms with Gasteiger partial charge in [0.05, 0.1) is 66.3 Å². The highest BCUT2D eigenvalue weighted by atomic mass is 127. The molecule has 44 heavy (non-hydrogen) atoms. The van der Waals surface area contributed by atoms with Crippen molar-refractivity contribution in [2.24, 2.45) is 0 Å². The number of quaternary nitrogens is 2. The number of carbonyl (C=O) groups is 3. The summed E-state index contributed by atoms with van der Waals surface area (Å²) in [5.74, 6) is -0.326. The summed E-state index contributed by atoms with van der Waals surface area (Å²) in [6, 6.07) is 11.2. The van der Waals surface area contributed by atoms with Crippen molar-refractivity contribution in [3.8, 4) is 11.1 Å². The van der Waals surface area contributed by atoms with Crippen molar-refractivity contribution < 1.29 is 81.5 Å². The minimum absolute atomic E-state index is 0. The zero-order valence-electron chi connectivity index (χ0n) is 25.8. The van der Waals surface area contributed by atoms with Crippen LogP contribution in [0, 0.1) is 0 Å². The average molecular weight is 833 g/mol. The summed E-state index contributed by atoms with van der Waals surface area (Å²) in [7, 11) is 4.25. The highest BCUT2D eigenvalue weighted by Gasteiger charge is 2.36. The predicted octanol–water partition coefficient (Wildman–Crippen LogP) is -2.45. The van der Waals surface area contributed by atoms with E-state index in [0.717, 1.165) is 62.7 Å². The molecule has 11 heteroatoms. The van der Waals surface area contributed by atoms with Gasteiger partial charge in [0.2, 0.25) is 11.8 Å². The first kappa shape index (κ1) is 36.8. The molecular weight excluding hydrogens is 786 g/mol. The number of aliphatic hydroxyl groups is 2. The van der Waals surface area contributed by atoms with Gasteiger partial charge in [0.15, 0.2) is 5.78 Å². The molecule has 9 nitrogen and oxygen atoms in total. The molecule has 2 aliphatic heterocycles. The van der Waals surface area contributed by atoms with E-state index >= 15 is 0 Å². The zero-order chi connectivity index (χ0) is 29.9. The first-order valence-corrected chi connectivity index (χ1v) is 15.5. The van der Waals surface area contributed by atoms with Crippen molar-refractivity contribution in [1.29, 1.82) is 0 Å². The van der Waals surface area contributed by atoms with Gasteiger partial charge in [-0.1, -0.05) is 12.1 Å². The quantitative estimate of drug-likeness (QED) is 0.134. The number of fused-ring (bicyclic) bond motifs is 3. The molecule has 4 atom stereocenters. The van der Waals surface area contributed by atoms with Crippen LogP contribution in [0.25, 0.3) is 11.1 Å². The van der Waals surface area contributed by atoms with Crippen LogP contribution >= 0.6 is 0 Å². The van der Waals surface area contributed by atoms with E-state index in [1.165, 1.54) is 0 Å². The van der Waals surface area contributed by atoms with Gasteiger partial charge in [-0.2, -0.15) is 0 Å². The van der Waals surface area contributed by atoms with E-state index in [9.17, 15) is 24.6 Å². The zero-order valence-corrected chi connectivity index (χ0v) is 30.1. The maximum atomic E-state index is 13.4. The van der Waals surface area contributed by atoms with Crippen LogP contribution in [-0.2, 0) is 9.59 Å². The van der Waals surface area contributed by atoms with E-state index in [2.05, 4.69) is 24.7 Å². The lowest BCUT2D eigenvalue weighted by Gasteiger charge is -2.44. The lowest BCUT2D eigenvalue weighted by molar-refractivity contribution is -0.938. The van der Waals surface area contributed by atoms with Crippen molar-refractivity contribution in [3.05, 3.63) is 47.5 Å². The third-order valence-electron chi connectivity index (χ3n) is 10.2. The number of ketones is 1. The Morgan fingerprint density at radius 1 is 0.705 bits per heavy atom. The third-order valence-corrected chi connectivity index (χ3v) is 10.2. The number of piperidine rings is 2. The van der Waals surface area contributed by atoms with Gasteiger partial charge in [0.1, 0.15) is 12.1 Å². The van der Waals surface area contributed by atoms with E-state index in [4.69, 9.17) is 0 Å². The first-order chi connectivity index (χ1) is 20.2. The van der Waals surface area contributed by atoms with Gasteiger partial charge in [-0.05, 0) is 61.1 Å². The van der Waals surface area contributed by atoms with Crippen molar-refractivity contribution >= 4 is 29.0 Å². The van der Waals surface area contributed by atoms with Crippen LogP contribution < -0.4 is 58.6 Å². The van der Waals surface area contributed by atoms with Crippen molar-refractivity contribution in [2.75, 3.05) is 64.1 Å². The second-order valence-corrected chi connectivity index (χ2v) is 13.0. The van der Waals surface area contributed by atoms with Crippen LogP contribution in [0.4, 0.5) is 11.4 Å². The number of carbonyl (C=O) groups excluding carboxylic acids is 3. The van der Waals surface area contributed by atoms with Gasteiger partial charge in [0.25, 0.3) is 0 Å². The molecule has 2 aromatic carbocycles. The Hall–Kier alpha value is -1.65. The molecule has 0 aromatic heterocycles. The SMILES string of the molecule is C[N+]1(CCC(=O)Nc2ccc3c(c2)C(=O)c2cc(NC(=O)CC[N+]4(C)CCCCC4CO)ccc2-3)CCCCC1CO.[I-].[I-]. The number of anilines is 2. The molecule has 2 fully saturated rings. The molecule has 4 unspecified atom stereocenters. The van der Waals surface area contributed by atoms with Crippen LogP contribution in [0.5, 0.6) is 0 Å². The van der Waals surface area contributed by atoms with E-state index in [1.807, 2.05) is 24.3 Å². The third kappa shape index (κ3) is 8.00. The number of amides is 2. The Bertz CT molecular complexity index is 1260. The average Bonchev–Trinajstić information content (AvgIpc) is 3.26. The molecule has 3 aliphatic rings. The number of rotatable bonds is 10. The van der Waals surface area contributed by atoms with E-state index in [1.54, 1.807) is 12.1 Å². The van der Waals surface area contributed by atoms with Crippen molar-refractivity contribution in [2.45, 2.75) is 63.5 Å². The fraction of sp³-hybridized carbons (Fsp3) is 0.545. The monoisotopic (exact) mass is 832 g/mol. The molecule has 0 radical (unpaired) electrons. The largest absolute Gasteiger partial charge is 1.00 e. The van der Waals surface area contributed by atoms with Gasteiger partial charge in [0, 0.05) is 35.3 Å². The number of halogens is 2. The molecule has 0 spiro atoms. The Morgan fingerprint density at radius 2 is 1.11 bits per heavy atom. The van der Waals surface area contributed by atoms with Crippen LogP contribution in [-0.4, -0.2) is 102 Å². The molecule has 1 aliphatic carbocycles. The number of benzene rings is 2. The van der Waals surface area contributed by atoms with Crippen molar-refractivity contribution in [3.63, 3.8) is 0 Å². The minimum atomic E-state index is -0.124. The standard InChI is InChI=1S/C33H44N4O5.2HI/c1-36(15-5-3-7-25(36)21-38)17-13-31(40)34-23-9-11-27-28-12-10-24(20-30(28)33(42)29(27)19-23)35-32(41)14-18-37(2)16-6-4-8-26(37)22-39;;/h9-12,19-20,25-26,38-39H,3-8,13-18,21-22H2,1-2H3;2*1H. The van der Waals surface area contributed by atoms with Gasteiger partial charge < -0.3 is 77.8 Å². The fourth-order valence-electron chi connectivity index (χ4n) is 7.26. The molecular formula is C33H46I2N4O5. The summed E-state index contributed by atoms with van der Waals surface area (Å²) in [5.41, 5.74) is 3.90. The van der Waals surface area contributed by atoms with Gasteiger partial charge in [-0.15, -0.1) is 0 Å². The van der Waals surface area contributed by atoms with Gasteiger partial charge in [-0.25, -0.2) is 0 Å². The number of likely N-dealkylation sites (N-methyl/N-ethyl adjacent to an activating group) is 2. The second kappa shape index (κ2) is 15.8. The summed E-state index contributed by atoms with van der Waals surface area (Å²) in [6.07, 6.45) is 7.12. The normalized spacial score (nSPS) is 25.6. The summed E-state index contributed by atoms with van der Waals surface area (Å²) < 4.78 is 1.42. The predicted molar refractivity (Wildman–Crippen MR) is 163 cm³/mol. The second-order valence-electron chi connectivity index (χ2n) is 13.0. The molecule has 5 rings (SSSR count). The first-order valence-electron chi connectivity index (χ1n) is 15.5. The Kier molecular flexibility index (Phi) is 13.2. The molecule has 2 amide bonds. The number of nitrogens with one attached hydrogen (secondary N) is 2. The Balaban J connectivity index is 0.00000264. The summed E-state index contributed by atoms with van der Waals surface area (Å²) in [4.78, 5) is 39.0. The molecule has 2 aromatic rings. The lowest BCUT2D eigenvalue weighted by atomic mass is 9.99.